The molecule has 0 bridgehead atoms. The zero-order valence-electron chi connectivity index (χ0n) is 13.5. The third-order valence-corrected chi connectivity index (χ3v) is 3.63. The predicted molar refractivity (Wildman–Crippen MR) is 92.3 cm³/mol. The Morgan fingerprint density at radius 1 is 1.24 bits per heavy atom. The number of nitrogen functional groups attached to an aromatic ring is 1. The lowest BCUT2D eigenvalue weighted by atomic mass is 10.2. The Morgan fingerprint density at radius 2 is 1.88 bits per heavy atom. The Bertz CT molecular complexity index is 796. The predicted octanol–water partition coefficient (Wildman–Crippen LogP) is 3.25. The van der Waals surface area contributed by atoms with E-state index in [2.05, 4.69) is 5.32 Å². The number of carbonyl (C=O) groups excluding carboxylic acids is 2. The highest BCUT2D eigenvalue weighted by Gasteiger charge is 2.22. The first-order chi connectivity index (χ1) is 11.8. The maximum absolute atomic E-state index is 12.9. The number of carbonyl (C=O) groups is 2. The molecule has 0 spiro atoms. The van der Waals surface area contributed by atoms with E-state index in [1.165, 1.54) is 50.4 Å². The SMILES string of the molecule is COc1cc(N)c(Cl)cc1C(=O)O[C@@H](C)C(=O)Nc1ccc(F)cc1. The van der Waals surface area contributed by atoms with Crippen LogP contribution in [0.2, 0.25) is 5.02 Å². The molecule has 3 N–H and O–H groups in total. The molecule has 6 nitrogen and oxygen atoms in total. The van der Waals surface area contributed by atoms with Crippen molar-refractivity contribution in [1.82, 2.24) is 0 Å². The molecule has 8 heteroatoms. The topological polar surface area (TPSA) is 90.7 Å². The highest BCUT2D eigenvalue weighted by atomic mass is 35.5. The van der Waals surface area contributed by atoms with E-state index in [1.807, 2.05) is 0 Å². The van der Waals surface area contributed by atoms with Crippen molar-refractivity contribution < 1.29 is 23.5 Å². The van der Waals surface area contributed by atoms with Crippen LogP contribution in [-0.4, -0.2) is 25.1 Å². The minimum Gasteiger partial charge on any atom is -0.496 e. The van der Waals surface area contributed by atoms with Gasteiger partial charge in [0.2, 0.25) is 0 Å². The molecule has 0 radical (unpaired) electrons. The quantitative estimate of drug-likeness (QED) is 0.626. The van der Waals surface area contributed by atoms with Crippen LogP contribution in [0, 0.1) is 5.82 Å². The third-order valence-electron chi connectivity index (χ3n) is 3.30. The standard InChI is InChI=1S/C17H16ClFN2O4/c1-9(16(22)21-11-5-3-10(19)4-6-11)25-17(23)12-7-13(18)14(20)8-15(12)24-2/h3-9H,20H2,1-2H3,(H,21,22)/t9-/m0/s1. The van der Waals surface area contributed by atoms with E-state index in [4.69, 9.17) is 26.8 Å². The van der Waals surface area contributed by atoms with E-state index in [0.29, 0.717) is 5.69 Å². The van der Waals surface area contributed by atoms with Gasteiger partial charge in [0, 0.05) is 11.8 Å². The Labute approximate surface area is 148 Å². The van der Waals surface area contributed by atoms with E-state index >= 15 is 0 Å². The van der Waals surface area contributed by atoms with Crippen molar-refractivity contribution in [2.45, 2.75) is 13.0 Å². The van der Waals surface area contributed by atoms with Crippen molar-refractivity contribution in [1.29, 1.82) is 0 Å². The molecule has 2 rings (SSSR count). The lowest BCUT2D eigenvalue weighted by Crippen LogP contribution is -2.30. The van der Waals surface area contributed by atoms with Gasteiger partial charge in [-0.2, -0.15) is 0 Å². The van der Waals surface area contributed by atoms with Gasteiger partial charge in [0.25, 0.3) is 5.91 Å². The number of anilines is 2. The summed E-state index contributed by atoms with van der Waals surface area (Å²) in [6.45, 7) is 1.40. The molecule has 2 aromatic carbocycles. The second-order valence-electron chi connectivity index (χ2n) is 5.12. The van der Waals surface area contributed by atoms with E-state index in [-0.39, 0.29) is 22.0 Å². The number of esters is 1. The molecule has 0 heterocycles. The van der Waals surface area contributed by atoms with Crippen LogP contribution in [0.4, 0.5) is 15.8 Å². The van der Waals surface area contributed by atoms with Gasteiger partial charge in [0.1, 0.15) is 17.1 Å². The normalized spacial score (nSPS) is 11.5. The van der Waals surface area contributed by atoms with Gasteiger partial charge in [-0.05, 0) is 37.3 Å². The number of halogens is 2. The number of ether oxygens (including phenoxy) is 2. The minimum absolute atomic E-state index is 0.0446. The molecule has 0 saturated heterocycles. The van der Waals surface area contributed by atoms with Crippen LogP contribution in [0.1, 0.15) is 17.3 Å². The molecule has 0 unspecified atom stereocenters. The summed E-state index contributed by atoms with van der Waals surface area (Å²) in [6, 6.07) is 7.89. The first-order valence-electron chi connectivity index (χ1n) is 7.22. The number of methoxy groups -OCH3 is 1. The average molecular weight is 367 g/mol. The number of amides is 1. The zero-order valence-corrected chi connectivity index (χ0v) is 14.3. The summed E-state index contributed by atoms with van der Waals surface area (Å²) in [6.07, 6.45) is -1.10. The molecule has 2 aromatic rings. The Morgan fingerprint density at radius 3 is 2.48 bits per heavy atom. The molecule has 0 fully saturated rings. The number of benzene rings is 2. The van der Waals surface area contributed by atoms with Crippen molar-refractivity contribution >= 4 is 34.9 Å². The number of rotatable bonds is 5. The van der Waals surface area contributed by atoms with Gasteiger partial charge in [-0.15, -0.1) is 0 Å². The van der Waals surface area contributed by atoms with E-state index < -0.39 is 23.8 Å². The summed E-state index contributed by atoms with van der Waals surface area (Å²) in [5.41, 5.74) is 6.33. The second kappa shape index (κ2) is 7.85. The number of hydrogen-bond acceptors (Lipinski definition) is 5. The smallest absolute Gasteiger partial charge is 0.342 e. The maximum Gasteiger partial charge on any atom is 0.342 e. The van der Waals surface area contributed by atoms with Crippen LogP contribution in [0.15, 0.2) is 36.4 Å². The summed E-state index contributed by atoms with van der Waals surface area (Å²) in [5.74, 6) is -1.61. The Kier molecular flexibility index (Phi) is 5.82. The van der Waals surface area contributed by atoms with E-state index in [0.717, 1.165) is 0 Å². The van der Waals surface area contributed by atoms with Gasteiger partial charge in [0.05, 0.1) is 17.8 Å². The Hall–Kier alpha value is -2.80. The zero-order chi connectivity index (χ0) is 18.6. The lowest BCUT2D eigenvalue weighted by molar-refractivity contribution is -0.123. The highest BCUT2D eigenvalue weighted by Crippen LogP contribution is 2.29. The molecule has 0 aliphatic heterocycles. The van der Waals surface area contributed by atoms with Crippen LogP contribution >= 0.6 is 11.6 Å². The summed E-state index contributed by atoms with van der Waals surface area (Å²) >= 11 is 5.91. The summed E-state index contributed by atoms with van der Waals surface area (Å²) in [7, 11) is 1.37. The molecular weight excluding hydrogens is 351 g/mol. The van der Waals surface area contributed by atoms with Crippen LogP contribution in [0.5, 0.6) is 5.75 Å². The summed E-state index contributed by atoms with van der Waals surface area (Å²) in [4.78, 5) is 24.3. The van der Waals surface area contributed by atoms with Gasteiger partial charge in [-0.1, -0.05) is 11.6 Å². The highest BCUT2D eigenvalue weighted by molar-refractivity contribution is 6.33. The first kappa shape index (κ1) is 18.5. The summed E-state index contributed by atoms with van der Waals surface area (Å²) < 4.78 is 23.1. The van der Waals surface area contributed by atoms with Gasteiger partial charge in [-0.3, -0.25) is 4.79 Å². The molecule has 132 valence electrons. The third kappa shape index (κ3) is 4.60. The van der Waals surface area contributed by atoms with Crippen molar-refractivity contribution in [3.8, 4) is 5.75 Å². The first-order valence-corrected chi connectivity index (χ1v) is 7.60. The molecule has 1 atom stereocenters. The van der Waals surface area contributed by atoms with Crippen molar-refractivity contribution in [3.63, 3.8) is 0 Å². The maximum atomic E-state index is 12.9. The van der Waals surface area contributed by atoms with Crippen molar-refractivity contribution in [3.05, 3.63) is 52.8 Å². The second-order valence-corrected chi connectivity index (χ2v) is 5.52. The molecule has 1 amide bonds. The number of nitrogens with one attached hydrogen (secondary N) is 1. The van der Waals surface area contributed by atoms with E-state index in [9.17, 15) is 14.0 Å². The van der Waals surface area contributed by atoms with Crippen LogP contribution in [0.3, 0.4) is 0 Å². The van der Waals surface area contributed by atoms with Crippen LogP contribution in [0.25, 0.3) is 0 Å². The average Bonchev–Trinajstić information content (AvgIpc) is 2.58. The molecule has 0 aromatic heterocycles. The van der Waals surface area contributed by atoms with Crippen molar-refractivity contribution in [2.75, 3.05) is 18.2 Å². The van der Waals surface area contributed by atoms with E-state index in [1.54, 1.807) is 0 Å². The monoisotopic (exact) mass is 366 g/mol. The summed E-state index contributed by atoms with van der Waals surface area (Å²) in [5, 5.41) is 2.68. The Balaban J connectivity index is 2.08. The lowest BCUT2D eigenvalue weighted by Gasteiger charge is -2.15. The molecule has 0 aliphatic carbocycles. The van der Waals surface area contributed by atoms with Gasteiger partial charge >= 0.3 is 5.97 Å². The van der Waals surface area contributed by atoms with Gasteiger partial charge in [0.15, 0.2) is 6.10 Å². The van der Waals surface area contributed by atoms with Crippen molar-refractivity contribution in [2.24, 2.45) is 0 Å². The molecule has 25 heavy (non-hydrogen) atoms. The number of hydrogen-bond donors (Lipinski definition) is 2. The molecule has 0 saturated carbocycles. The fourth-order valence-electron chi connectivity index (χ4n) is 1.95. The van der Waals surface area contributed by atoms with Gasteiger partial charge < -0.3 is 20.5 Å². The van der Waals surface area contributed by atoms with Crippen LogP contribution < -0.4 is 15.8 Å². The fourth-order valence-corrected chi connectivity index (χ4v) is 2.12. The molecular formula is C17H16ClFN2O4. The van der Waals surface area contributed by atoms with Gasteiger partial charge in [-0.25, -0.2) is 9.18 Å². The fraction of sp³-hybridized carbons (Fsp3) is 0.176. The van der Waals surface area contributed by atoms with Crippen LogP contribution in [-0.2, 0) is 9.53 Å². The number of nitrogens with two attached hydrogens (primary N) is 1. The molecule has 0 aliphatic rings. The largest absolute Gasteiger partial charge is 0.496 e. The minimum atomic E-state index is -1.10.